The molecule has 0 amide bonds. The second-order valence-electron chi connectivity index (χ2n) is 8.15. The molecule has 0 heterocycles. The first-order chi connectivity index (χ1) is 16.4. The van der Waals surface area contributed by atoms with Gasteiger partial charge in [-0.05, 0) is 57.6 Å². The maximum Gasteiger partial charge on any atom is 0.411 e. The van der Waals surface area contributed by atoms with E-state index in [1.165, 1.54) is 24.3 Å². The highest BCUT2D eigenvalue weighted by atomic mass is 19.4. The van der Waals surface area contributed by atoms with E-state index in [4.69, 9.17) is 11.5 Å². The minimum atomic E-state index is -5.66. The molecule has 0 aliphatic rings. The number of benzene rings is 4. The number of anilines is 2. The van der Waals surface area contributed by atoms with Gasteiger partial charge in [0.1, 0.15) is 0 Å². The summed E-state index contributed by atoms with van der Waals surface area (Å²) in [6.45, 7) is 0. The van der Waals surface area contributed by atoms with Crippen LogP contribution in [-0.2, 0) is 5.41 Å². The Morgan fingerprint density at radius 1 is 0.429 bits per heavy atom. The molecule has 8 heteroatoms. The molecule has 0 unspecified atom stereocenters. The molecule has 0 aromatic heterocycles. The Labute approximate surface area is 197 Å². The Hall–Kier alpha value is -3.94. The van der Waals surface area contributed by atoms with Gasteiger partial charge in [-0.3, -0.25) is 0 Å². The molecule has 0 fully saturated rings. The molecular formula is C27H20F6N2. The molecular weight excluding hydrogens is 466 g/mol. The fraction of sp³-hybridized carbons (Fsp3) is 0.111. The molecule has 0 bridgehead atoms. The number of hydrogen-bond acceptors (Lipinski definition) is 2. The number of hydrogen-bond donors (Lipinski definition) is 2. The molecule has 0 spiro atoms. The molecule has 180 valence electrons. The van der Waals surface area contributed by atoms with Crippen LogP contribution in [0.1, 0.15) is 11.1 Å². The largest absolute Gasteiger partial charge is 0.411 e. The van der Waals surface area contributed by atoms with Crippen molar-refractivity contribution in [2.24, 2.45) is 0 Å². The van der Waals surface area contributed by atoms with E-state index >= 15 is 0 Å². The minimum absolute atomic E-state index is 0.423. The van der Waals surface area contributed by atoms with E-state index in [9.17, 15) is 26.3 Å². The summed E-state index contributed by atoms with van der Waals surface area (Å²) in [5.41, 5.74) is 8.29. The van der Waals surface area contributed by atoms with Crippen molar-refractivity contribution in [2.45, 2.75) is 17.8 Å². The third-order valence-corrected chi connectivity index (χ3v) is 5.93. The van der Waals surface area contributed by atoms with Crippen LogP contribution in [-0.4, -0.2) is 12.4 Å². The van der Waals surface area contributed by atoms with E-state index < -0.39 is 28.9 Å². The number of nitrogens with two attached hydrogens (primary N) is 2. The summed E-state index contributed by atoms with van der Waals surface area (Å²) in [6.07, 6.45) is -11.3. The Balaban J connectivity index is 1.86. The molecule has 0 atom stereocenters. The van der Waals surface area contributed by atoms with E-state index in [2.05, 4.69) is 0 Å². The molecule has 4 N–H and O–H groups in total. The van der Waals surface area contributed by atoms with Gasteiger partial charge in [0.25, 0.3) is 0 Å². The van der Waals surface area contributed by atoms with Crippen molar-refractivity contribution in [3.05, 3.63) is 108 Å². The zero-order chi connectivity index (χ0) is 25.4. The van der Waals surface area contributed by atoms with Crippen LogP contribution in [0, 0.1) is 0 Å². The lowest BCUT2D eigenvalue weighted by atomic mass is 9.72. The maximum atomic E-state index is 14.4. The van der Waals surface area contributed by atoms with E-state index in [-0.39, 0.29) is 0 Å². The lowest BCUT2D eigenvalue weighted by Crippen LogP contribution is -2.54. The molecule has 4 aromatic carbocycles. The van der Waals surface area contributed by atoms with Crippen LogP contribution >= 0.6 is 0 Å². The van der Waals surface area contributed by atoms with Crippen LogP contribution in [0.4, 0.5) is 37.7 Å². The van der Waals surface area contributed by atoms with Crippen molar-refractivity contribution >= 4 is 11.4 Å². The molecule has 0 saturated heterocycles. The molecule has 0 aliphatic carbocycles. The Morgan fingerprint density at radius 2 is 0.771 bits per heavy atom. The second kappa shape index (κ2) is 8.69. The van der Waals surface area contributed by atoms with Gasteiger partial charge in [-0.1, -0.05) is 72.8 Å². The Kier molecular flexibility index (Phi) is 6.00. The SMILES string of the molecule is Nc1cccc(-c2ccc(C(c3ccc(-c4cccc(N)c4)cc3)(C(F)(F)F)C(F)(F)F)cc2)c1. The molecule has 0 aliphatic heterocycles. The topological polar surface area (TPSA) is 52.0 Å². The van der Waals surface area contributed by atoms with Gasteiger partial charge in [0.2, 0.25) is 5.41 Å². The molecule has 35 heavy (non-hydrogen) atoms. The van der Waals surface area contributed by atoms with Crippen LogP contribution < -0.4 is 11.5 Å². The van der Waals surface area contributed by atoms with E-state index in [0.717, 1.165) is 24.3 Å². The fourth-order valence-corrected chi connectivity index (χ4v) is 4.24. The van der Waals surface area contributed by atoms with Gasteiger partial charge in [0.05, 0.1) is 0 Å². The summed E-state index contributed by atoms with van der Waals surface area (Å²) < 4.78 is 86.7. The Bertz CT molecular complexity index is 1220. The van der Waals surface area contributed by atoms with E-state index in [1.807, 2.05) is 0 Å². The first kappa shape index (κ1) is 24.2. The summed E-state index contributed by atoms with van der Waals surface area (Å²) in [4.78, 5) is 0. The number of nitrogen functional groups attached to an aromatic ring is 2. The number of rotatable bonds is 4. The minimum Gasteiger partial charge on any atom is -0.399 e. The van der Waals surface area contributed by atoms with E-state index in [1.54, 1.807) is 48.5 Å². The van der Waals surface area contributed by atoms with Crippen molar-refractivity contribution in [2.75, 3.05) is 11.5 Å². The van der Waals surface area contributed by atoms with Gasteiger partial charge in [0.15, 0.2) is 0 Å². The smallest absolute Gasteiger partial charge is 0.399 e. The van der Waals surface area contributed by atoms with Crippen LogP contribution in [0.25, 0.3) is 22.3 Å². The normalized spacial score (nSPS) is 12.5. The van der Waals surface area contributed by atoms with E-state index in [0.29, 0.717) is 33.6 Å². The number of alkyl halides is 6. The van der Waals surface area contributed by atoms with Crippen molar-refractivity contribution < 1.29 is 26.3 Å². The van der Waals surface area contributed by atoms with Crippen LogP contribution in [0.3, 0.4) is 0 Å². The standard InChI is InChI=1S/C27H20F6N2/c28-26(29,30)25(27(31,32)33,21-11-7-17(8-12-21)19-3-1-5-23(34)15-19)22-13-9-18(10-14-22)20-4-2-6-24(35)16-20/h1-16H,34-35H2. The Morgan fingerprint density at radius 3 is 1.06 bits per heavy atom. The van der Waals surface area contributed by atoms with Crippen molar-refractivity contribution in [1.29, 1.82) is 0 Å². The molecule has 2 nitrogen and oxygen atoms in total. The van der Waals surface area contributed by atoms with Gasteiger partial charge in [-0.15, -0.1) is 0 Å². The average molecular weight is 486 g/mol. The van der Waals surface area contributed by atoms with Crippen LogP contribution in [0.5, 0.6) is 0 Å². The molecule has 0 saturated carbocycles. The summed E-state index contributed by atoms with van der Waals surface area (Å²) in [7, 11) is 0. The zero-order valence-electron chi connectivity index (χ0n) is 18.2. The highest BCUT2D eigenvalue weighted by molar-refractivity contribution is 5.69. The summed E-state index contributed by atoms with van der Waals surface area (Å²) in [5, 5.41) is 0. The first-order valence-electron chi connectivity index (χ1n) is 10.5. The van der Waals surface area contributed by atoms with Crippen molar-refractivity contribution in [1.82, 2.24) is 0 Å². The predicted molar refractivity (Wildman–Crippen MR) is 125 cm³/mol. The molecule has 4 rings (SSSR count). The van der Waals surface area contributed by atoms with Crippen LogP contribution in [0.2, 0.25) is 0 Å². The molecule has 4 aromatic rings. The highest BCUT2D eigenvalue weighted by Gasteiger charge is 2.72. The molecule has 0 radical (unpaired) electrons. The van der Waals surface area contributed by atoms with Crippen molar-refractivity contribution in [3.8, 4) is 22.3 Å². The lowest BCUT2D eigenvalue weighted by molar-refractivity contribution is -0.288. The third-order valence-electron chi connectivity index (χ3n) is 5.93. The maximum absolute atomic E-state index is 14.4. The third kappa shape index (κ3) is 4.32. The monoisotopic (exact) mass is 486 g/mol. The van der Waals surface area contributed by atoms with Gasteiger partial charge in [-0.2, -0.15) is 26.3 Å². The fourth-order valence-electron chi connectivity index (χ4n) is 4.24. The second-order valence-corrected chi connectivity index (χ2v) is 8.15. The number of halogens is 6. The first-order valence-corrected chi connectivity index (χ1v) is 10.5. The summed E-state index contributed by atoms with van der Waals surface area (Å²) in [5.74, 6) is 0. The van der Waals surface area contributed by atoms with Crippen LogP contribution in [0.15, 0.2) is 97.1 Å². The summed E-state index contributed by atoms with van der Waals surface area (Å²) >= 11 is 0. The quantitative estimate of drug-likeness (QED) is 0.231. The summed E-state index contributed by atoms with van der Waals surface area (Å²) in [6, 6.07) is 21.5. The van der Waals surface area contributed by atoms with Crippen molar-refractivity contribution in [3.63, 3.8) is 0 Å². The zero-order valence-corrected chi connectivity index (χ0v) is 18.2. The lowest BCUT2D eigenvalue weighted by Gasteiger charge is -2.38. The predicted octanol–water partition coefficient (Wildman–Crippen LogP) is 7.60. The van der Waals surface area contributed by atoms with Gasteiger partial charge in [0, 0.05) is 11.4 Å². The van der Waals surface area contributed by atoms with Gasteiger partial charge in [-0.25, -0.2) is 0 Å². The van der Waals surface area contributed by atoms with Gasteiger partial charge < -0.3 is 11.5 Å². The average Bonchev–Trinajstić information content (AvgIpc) is 2.78. The van der Waals surface area contributed by atoms with Gasteiger partial charge >= 0.3 is 12.4 Å². The highest BCUT2D eigenvalue weighted by Crippen LogP contribution is 2.56.